The van der Waals surface area contributed by atoms with Gasteiger partial charge >= 0.3 is 12.1 Å². The molecule has 0 saturated carbocycles. The number of rotatable bonds is 2. The summed E-state index contributed by atoms with van der Waals surface area (Å²) in [5.41, 5.74) is -0.370. The molecule has 1 aliphatic rings. The van der Waals surface area contributed by atoms with Gasteiger partial charge in [0.15, 0.2) is 0 Å². The fourth-order valence-corrected chi connectivity index (χ4v) is 1.75. The molecule has 1 aromatic rings. The van der Waals surface area contributed by atoms with E-state index in [2.05, 4.69) is 5.32 Å². The predicted molar refractivity (Wildman–Crippen MR) is 62.5 cm³/mol. The average Bonchev–Trinajstić information content (AvgIpc) is 2.38. The van der Waals surface area contributed by atoms with E-state index in [1.807, 2.05) is 0 Å². The summed E-state index contributed by atoms with van der Waals surface area (Å²) < 4.78 is 37.8. The lowest BCUT2D eigenvalue weighted by Crippen LogP contribution is -2.38. The maximum Gasteiger partial charge on any atom is 0.416 e. The summed E-state index contributed by atoms with van der Waals surface area (Å²) in [6, 6.07) is 4.75. The number of anilines is 1. The maximum absolute atomic E-state index is 12.6. The second-order valence-electron chi connectivity index (χ2n) is 4.06. The SMILES string of the molecule is O=C(O)C1=CN(c2cccc(C(F)(F)F)c2)CNC1. The van der Waals surface area contributed by atoms with Crippen molar-refractivity contribution in [2.24, 2.45) is 0 Å². The number of nitrogens with zero attached hydrogens (tertiary/aromatic N) is 1. The third-order valence-corrected chi connectivity index (χ3v) is 2.69. The molecule has 0 radical (unpaired) electrons. The van der Waals surface area contributed by atoms with Crippen LogP contribution in [0.1, 0.15) is 5.56 Å². The lowest BCUT2D eigenvalue weighted by Gasteiger charge is -2.26. The zero-order chi connectivity index (χ0) is 14.0. The first-order valence-electron chi connectivity index (χ1n) is 5.46. The van der Waals surface area contributed by atoms with Gasteiger partial charge in [0.25, 0.3) is 0 Å². The molecule has 0 aromatic heterocycles. The van der Waals surface area contributed by atoms with Gasteiger partial charge in [-0.05, 0) is 18.2 Å². The Morgan fingerprint density at radius 1 is 1.37 bits per heavy atom. The molecular formula is C12H11F3N2O2. The largest absolute Gasteiger partial charge is 0.478 e. The van der Waals surface area contributed by atoms with Crippen LogP contribution in [-0.4, -0.2) is 24.3 Å². The Labute approximate surface area is 107 Å². The normalized spacial score (nSPS) is 16.2. The highest BCUT2D eigenvalue weighted by molar-refractivity contribution is 5.88. The summed E-state index contributed by atoms with van der Waals surface area (Å²) in [6.45, 7) is 0.447. The third kappa shape index (κ3) is 3.05. The summed E-state index contributed by atoms with van der Waals surface area (Å²) >= 11 is 0. The van der Waals surface area contributed by atoms with Gasteiger partial charge in [0.2, 0.25) is 0 Å². The highest BCUT2D eigenvalue weighted by atomic mass is 19.4. The number of nitrogens with one attached hydrogen (secondary N) is 1. The van der Waals surface area contributed by atoms with Crippen LogP contribution in [0.15, 0.2) is 36.0 Å². The molecule has 0 bridgehead atoms. The van der Waals surface area contributed by atoms with Crippen molar-refractivity contribution >= 4 is 11.7 Å². The van der Waals surface area contributed by atoms with Gasteiger partial charge in [-0.25, -0.2) is 4.79 Å². The summed E-state index contributed by atoms with van der Waals surface area (Å²) in [6.07, 6.45) is -3.08. The number of halogens is 3. The van der Waals surface area contributed by atoms with Crippen LogP contribution in [0, 0.1) is 0 Å². The quantitative estimate of drug-likeness (QED) is 0.865. The van der Waals surface area contributed by atoms with Crippen LogP contribution in [0.25, 0.3) is 0 Å². The Morgan fingerprint density at radius 3 is 2.74 bits per heavy atom. The maximum atomic E-state index is 12.6. The van der Waals surface area contributed by atoms with Crippen LogP contribution < -0.4 is 10.2 Å². The van der Waals surface area contributed by atoms with Crippen molar-refractivity contribution in [2.75, 3.05) is 18.1 Å². The van der Waals surface area contributed by atoms with Gasteiger partial charge in [-0.2, -0.15) is 13.2 Å². The smallest absolute Gasteiger partial charge is 0.416 e. The Morgan fingerprint density at radius 2 is 2.11 bits per heavy atom. The van der Waals surface area contributed by atoms with Crippen LogP contribution >= 0.6 is 0 Å². The lowest BCUT2D eigenvalue weighted by molar-refractivity contribution is -0.137. The van der Waals surface area contributed by atoms with E-state index in [4.69, 9.17) is 5.11 Å². The number of hydrogen-bond donors (Lipinski definition) is 2. The zero-order valence-corrected chi connectivity index (χ0v) is 9.74. The Kier molecular flexibility index (Phi) is 3.48. The molecule has 19 heavy (non-hydrogen) atoms. The molecule has 1 aliphatic heterocycles. The second kappa shape index (κ2) is 4.93. The fourth-order valence-electron chi connectivity index (χ4n) is 1.75. The van der Waals surface area contributed by atoms with Crippen molar-refractivity contribution in [3.8, 4) is 0 Å². The first-order valence-corrected chi connectivity index (χ1v) is 5.46. The second-order valence-corrected chi connectivity index (χ2v) is 4.06. The Bertz CT molecular complexity index is 526. The van der Waals surface area contributed by atoms with Crippen molar-refractivity contribution in [1.82, 2.24) is 5.32 Å². The summed E-state index contributed by atoms with van der Waals surface area (Å²) in [4.78, 5) is 12.3. The summed E-state index contributed by atoms with van der Waals surface area (Å²) in [5, 5.41) is 11.7. The minimum atomic E-state index is -4.42. The van der Waals surface area contributed by atoms with Crippen LogP contribution in [0.5, 0.6) is 0 Å². The Hall–Kier alpha value is -2.02. The van der Waals surface area contributed by atoms with Crippen LogP contribution in [-0.2, 0) is 11.0 Å². The van der Waals surface area contributed by atoms with E-state index in [9.17, 15) is 18.0 Å². The van der Waals surface area contributed by atoms with Gasteiger partial charge in [-0.15, -0.1) is 0 Å². The standard InChI is InChI=1S/C12H11F3N2O2/c13-12(14,15)9-2-1-3-10(4-9)17-6-8(11(18)19)5-16-7-17/h1-4,6,16H,5,7H2,(H,18,19). The van der Waals surface area contributed by atoms with Gasteiger partial charge in [0.05, 0.1) is 17.8 Å². The lowest BCUT2D eigenvalue weighted by atomic mass is 10.1. The first-order chi connectivity index (χ1) is 8.88. The zero-order valence-electron chi connectivity index (χ0n) is 9.74. The average molecular weight is 272 g/mol. The van der Waals surface area contributed by atoms with E-state index in [0.29, 0.717) is 5.69 Å². The highest BCUT2D eigenvalue weighted by Gasteiger charge is 2.31. The molecule has 0 saturated heterocycles. The minimum absolute atomic E-state index is 0.101. The number of hydrogen-bond acceptors (Lipinski definition) is 3. The van der Waals surface area contributed by atoms with Gasteiger partial charge in [0, 0.05) is 18.4 Å². The van der Waals surface area contributed by atoms with Crippen molar-refractivity contribution in [3.05, 3.63) is 41.6 Å². The molecule has 0 fully saturated rings. The van der Waals surface area contributed by atoms with Gasteiger partial charge in [-0.3, -0.25) is 5.32 Å². The number of alkyl halides is 3. The molecule has 0 aliphatic carbocycles. The highest BCUT2D eigenvalue weighted by Crippen LogP contribution is 2.31. The molecule has 4 nitrogen and oxygen atoms in total. The first kappa shape index (κ1) is 13.4. The van der Waals surface area contributed by atoms with E-state index in [1.54, 1.807) is 0 Å². The van der Waals surface area contributed by atoms with Gasteiger partial charge in [-0.1, -0.05) is 6.07 Å². The number of carboxylic acids is 1. The predicted octanol–water partition coefficient (Wildman–Crippen LogP) is 2.04. The number of benzene rings is 1. The third-order valence-electron chi connectivity index (χ3n) is 2.69. The van der Waals surface area contributed by atoms with E-state index in [1.165, 1.54) is 23.2 Å². The monoisotopic (exact) mass is 272 g/mol. The van der Waals surface area contributed by atoms with E-state index >= 15 is 0 Å². The summed E-state index contributed by atoms with van der Waals surface area (Å²) in [7, 11) is 0. The van der Waals surface area contributed by atoms with Gasteiger partial charge in [0.1, 0.15) is 0 Å². The van der Waals surface area contributed by atoms with Crippen LogP contribution in [0.4, 0.5) is 18.9 Å². The number of aliphatic carboxylic acids is 1. The molecule has 2 N–H and O–H groups in total. The molecule has 2 rings (SSSR count). The summed E-state index contributed by atoms with van der Waals surface area (Å²) in [5.74, 6) is -1.09. The van der Waals surface area contributed by atoms with E-state index < -0.39 is 17.7 Å². The molecular weight excluding hydrogens is 261 g/mol. The number of carboxylic acid groups (broad SMARTS) is 1. The minimum Gasteiger partial charge on any atom is -0.478 e. The van der Waals surface area contributed by atoms with E-state index in [-0.39, 0.29) is 18.8 Å². The van der Waals surface area contributed by atoms with Crippen LogP contribution in [0.3, 0.4) is 0 Å². The fraction of sp³-hybridized carbons (Fsp3) is 0.250. The molecule has 1 heterocycles. The van der Waals surface area contributed by atoms with Crippen molar-refractivity contribution in [2.45, 2.75) is 6.18 Å². The van der Waals surface area contributed by atoms with Crippen molar-refractivity contribution in [3.63, 3.8) is 0 Å². The topological polar surface area (TPSA) is 52.6 Å². The molecule has 0 atom stereocenters. The number of carbonyl (C=O) groups is 1. The van der Waals surface area contributed by atoms with Crippen LogP contribution in [0.2, 0.25) is 0 Å². The molecule has 1 aromatic carbocycles. The van der Waals surface area contributed by atoms with E-state index in [0.717, 1.165) is 12.1 Å². The van der Waals surface area contributed by atoms with Crippen molar-refractivity contribution < 1.29 is 23.1 Å². The van der Waals surface area contributed by atoms with Gasteiger partial charge < -0.3 is 10.0 Å². The molecule has 0 unspecified atom stereocenters. The molecule has 102 valence electrons. The molecule has 0 amide bonds. The molecule has 7 heteroatoms. The van der Waals surface area contributed by atoms with Crippen molar-refractivity contribution in [1.29, 1.82) is 0 Å². The molecule has 0 spiro atoms. The Balaban J connectivity index is 2.32.